The summed E-state index contributed by atoms with van der Waals surface area (Å²) in [5, 5.41) is 21.6. The number of unbranched alkanes of at least 4 members (excludes halogenated alkanes) is 1. The summed E-state index contributed by atoms with van der Waals surface area (Å²) in [6.45, 7) is 16.4. The number of hydrogen-bond acceptors (Lipinski definition) is 11. The number of phenols is 1. The molecule has 1 saturated carbocycles. The molecule has 69 heavy (non-hydrogen) atoms. The highest BCUT2D eigenvalue weighted by Crippen LogP contribution is 2.44. The first-order chi connectivity index (χ1) is 32.8. The van der Waals surface area contributed by atoms with Gasteiger partial charge in [0.2, 0.25) is 23.6 Å². The molecule has 1 aliphatic carbocycles. The topological polar surface area (TPSA) is 220 Å². The lowest BCUT2D eigenvalue weighted by molar-refractivity contribution is -0.145. The minimum Gasteiger partial charge on any atom is -0.508 e. The van der Waals surface area contributed by atoms with Crippen LogP contribution in [0, 0.1) is 23.2 Å². The van der Waals surface area contributed by atoms with E-state index in [4.69, 9.17) is 20.2 Å². The summed E-state index contributed by atoms with van der Waals surface area (Å²) in [5.74, 6) is -1.51. The van der Waals surface area contributed by atoms with E-state index in [0.29, 0.717) is 63.0 Å². The molecule has 1 saturated heterocycles. The number of ether oxygens (including phenoxy) is 2. The highest BCUT2D eigenvalue weighted by molar-refractivity contribution is 5.94. The maximum absolute atomic E-state index is 14.3. The van der Waals surface area contributed by atoms with Gasteiger partial charge >= 0.3 is 0 Å². The Hall–Kier alpha value is -5.32. The number of benzene rings is 2. The average Bonchev–Trinajstić information content (AvgIpc) is 3.80. The predicted molar refractivity (Wildman–Crippen MR) is 269 cm³/mol. The number of carbonyl (C=O) groups is 5. The third-order valence-corrected chi connectivity index (χ3v) is 14.5. The van der Waals surface area contributed by atoms with Crippen molar-refractivity contribution in [3.63, 3.8) is 0 Å². The molecule has 6 rings (SSSR count). The molecule has 16 heteroatoms. The number of rotatable bonds is 24. The van der Waals surface area contributed by atoms with Crippen molar-refractivity contribution >= 4 is 47.2 Å². The van der Waals surface area contributed by atoms with Crippen LogP contribution in [0.3, 0.4) is 0 Å². The van der Waals surface area contributed by atoms with Crippen LogP contribution in [-0.2, 0) is 52.8 Å². The average molecular weight is 955 g/mol. The Kier molecular flexibility index (Phi) is 17.7. The summed E-state index contributed by atoms with van der Waals surface area (Å²) in [5.41, 5.74) is 10.9. The van der Waals surface area contributed by atoms with E-state index < -0.39 is 29.3 Å². The maximum atomic E-state index is 14.3. The number of aromatic nitrogens is 1. The fourth-order valence-electron chi connectivity index (χ4n) is 10.8. The van der Waals surface area contributed by atoms with Gasteiger partial charge in [-0.25, -0.2) is 0 Å². The Morgan fingerprint density at radius 2 is 1.75 bits per heavy atom. The minimum absolute atomic E-state index is 0.00406. The van der Waals surface area contributed by atoms with Crippen LogP contribution in [0.1, 0.15) is 103 Å². The Morgan fingerprint density at radius 1 is 1.03 bits per heavy atom. The molecule has 0 spiro atoms. The van der Waals surface area contributed by atoms with Crippen LogP contribution in [0.5, 0.6) is 5.75 Å². The van der Waals surface area contributed by atoms with Crippen molar-refractivity contribution in [2.75, 3.05) is 47.4 Å². The van der Waals surface area contributed by atoms with Gasteiger partial charge in [0.1, 0.15) is 17.8 Å². The van der Waals surface area contributed by atoms with Gasteiger partial charge in [-0.3, -0.25) is 29.0 Å². The highest BCUT2D eigenvalue weighted by Gasteiger charge is 2.48. The zero-order valence-electron chi connectivity index (χ0n) is 42.5. The number of hydrogen-bond donors (Lipinski definition) is 5. The van der Waals surface area contributed by atoms with Crippen LogP contribution in [-0.4, -0.2) is 140 Å². The predicted octanol–water partition coefficient (Wildman–Crippen LogP) is 4.95. The fourth-order valence-corrected chi connectivity index (χ4v) is 10.8. The summed E-state index contributed by atoms with van der Waals surface area (Å²) in [4.78, 5) is 74.6. The monoisotopic (exact) mass is 955 g/mol. The number of aromatic hydroxyl groups is 1. The molecule has 378 valence electrons. The largest absolute Gasteiger partial charge is 0.508 e. The Labute approximate surface area is 408 Å². The second-order valence-electron chi connectivity index (χ2n) is 21.0. The van der Waals surface area contributed by atoms with Crippen molar-refractivity contribution in [1.82, 2.24) is 30.3 Å². The molecule has 9 atom stereocenters. The molecule has 16 nitrogen and oxygen atoms in total. The van der Waals surface area contributed by atoms with Gasteiger partial charge in [-0.15, -0.1) is 0 Å². The number of carbonyl (C=O) groups excluding carboxylic acids is 5. The van der Waals surface area contributed by atoms with Crippen LogP contribution < -0.4 is 21.7 Å². The smallest absolute Gasteiger partial charge is 0.293 e. The fraction of sp³-hybridized carbons (Fsp3) is 0.623. The van der Waals surface area contributed by atoms with Crippen molar-refractivity contribution in [3.8, 4) is 16.9 Å². The molecule has 6 N–H and O–H groups in total. The highest BCUT2D eigenvalue weighted by atomic mass is 16.5. The molecular formula is C53H78N8O8. The molecule has 2 fully saturated rings. The van der Waals surface area contributed by atoms with Crippen LogP contribution in [0.25, 0.3) is 22.0 Å². The lowest BCUT2D eigenvalue weighted by atomic mass is 9.78. The number of likely N-dealkylation sites (N-methyl/N-ethyl adjacent to an activating group) is 2. The SMILES string of the molecule is CCn1c(C2CC(C)C=NC2[C@H](C)OC)c(CC(C)(C)COC=O)c2cc(-c3cc(O)cc(C[C@H](NC(=O)[C@H](C(C)C)N(C)C(=O)CN(C)C(=O)[C@H]4C[C@@H]5N[C@@H]5C4)C(=O)NCCCCN)c3)ccc21. The van der Waals surface area contributed by atoms with Crippen molar-refractivity contribution in [1.29, 1.82) is 0 Å². The summed E-state index contributed by atoms with van der Waals surface area (Å²) in [7, 11) is 4.91. The Morgan fingerprint density at radius 3 is 2.41 bits per heavy atom. The Balaban J connectivity index is 1.32. The number of nitrogens with one attached hydrogen (secondary N) is 3. The van der Waals surface area contributed by atoms with Crippen molar-refractivity contribution in [2.24, 2.45) is 33.9 Å². The van der Waals surface area contributed by atoms with Crippen molar-refractivity contribution < 1.29 is 38.6 Å². The summed E-state index contributed by atoms with van der Waals surface area (Å²) in [6.07, 6.45) is 6.36. The number of amides is 4. The number of aryl methyl sites for hydroxylation is 1. The molecule has 3 unspecified atom stereocenters. The van der Waals surface area contributed by atoms with Gasteiger partial charge in [-0.1, -0.05) is 46.8 Å². The maximum Gasteiger partial charge on any atom is 0.293 e. The van der Waals surface area contributed by atoms with Gasteiger partial charge in [0.15, 0.2) is 0 Å². The van der Waals surface area contributed by atoms with Gasteiger partial charge in [-0.05, 0) is 117 Å². The zero-order valence-corrected chi connectivity index (χ0v) is 42.5. The number of nitrogens with zero attached hydrogens (tertiary/aromatic N) is 4. The van der Waals surface area contributed by atoms with E-state index in [0.717, 1.165) is 46.9 Å². The molecule has 0 bridgehead atoms. The number of fused-ring (bicyclic) bond motifs is 2. The molecule has 3 heterocycles. The van der Waals surface area contributed by atoms with Crippen LogP contribution >= 0.6 is 0 Å². The zero-order chi connectivity index (χ0) is 50.3. The summed E-state index contributed by atoms with van der Waals surface area (Å²) in [6, 6.07) is 10.2. The molecule has 3 aliphatic rings. The third-order valence-electron chi connectivity index (χ3n) is 14.5. The van der Waals surface area contributed by atoms with Crippen molar-refractivity contribution in [3.05, 3.63) is 53.2 Å². The molecule has 2 aliphatic heterocycles. The quantitative estimate of drug-likeness (QED) is 0.0462. The normalized spacial score (nSPS) is 22.1. The van der Waals surface area contributed by atoms with E-state index in [1.54, 1.807) is 33.3 Å². The minimum atomic E-state index is -1.06. The lowest BCUT2D eigenvalue weighted by Gasteiger charge is -2.35. The van der Waals surface area contributed by atoms with Crippen LogP contribution in [0.2, 0.25) is 0 Å². The molecule has 3 aromatic rings. The molecule has 1 aromatic heterocycles. The number of nitrogens with two attached hydrogens (primary N) is 1. The second-order valence-corrected chi connectivity index (χ2v) is 21.0. The number of piperidine rings is 1. The number of phenolic OH excluding ortho intramolecular Hbond substituents is 1. The van der Waals surface area contributed by atoms with Gasteiger partial charge in [-0.2, -0.15) is 0 Å². The van der Waals surface area contributed by atoms with E-state index in [-0.39, 0.29) is 73.0 Å². The van der Waals surface area contributed by atoms with Gasteiger partial charge in [0.25, 0.3) is 6.47 Å². The molecule has 4 amide bonds. The van der Waals surface area contributed by atoms with Gasteiger partial charge in [0, 0.05) is 92.9 Å². The summed E-state index contributed by atoms with van der Waals surface area (Å²) < 4.78 is 13.6. The molecule has 2 aromatic carbocycles. The lowest BCUT2D eigenvalue weighted by Crippen LogP contribution is -2.57. The first-order valence-electron chi connectivity index (χ1n) is 25.0. The van der Waals surface area contributed by atoms with Gasteiger partial charge in [0.05, 0.1) is 25.3 Å². The van der Waals surface area contributed by atoms with Crippen molar-refractivity contribution in [2.45, 2.75) is 142 Å². The second kappa shape index (κ2) is 23.1. The standard InChI is InChI=1S/C53H78N8O8/c1-11-61-45-15-14-35(23-39(45)41(26-53(6,7)29-69-30-62)49(61)40-18-32(4)27-56-47(40)33(5)68-10)36-19-34(20-38(63)22-36)21-44(50(65)55-17-13-12-16-54)58-51(66)48(31(2)3)60(9)46(64)28-59(8)52(67)37-24-42-43(25-37)57-42/h14-15,19-20,22-23,27,30-33,37,40,42-44,47-48,57,63H,11-13,16-18,21,24-26,28-29,54H2,1-10H3,(H,55,65)(H,58,66)/t32?,33-,37-,40?,42-,43+,44-,47?,48-/m0/s1. The molecular weight excluding hydrogens is 877 g/mol. The van der Waals surface area contributed by atoms with E-state index in [1.165, 1.54) is 15.5 Å². The number of aliphatic imine (C=N–C) groups is 1. The first kappa shape index (κ1) is 53.0. The van der Waals surface area contributed by atoms with E-state index in [1.807, 2.05) is 32.2 Å². The molecule has 0 radical (unpaired) electrons. The van der Waals surface area contributed by atoms with E-state index >= 15 is 0 Å². The first-order valence-corrected chi connectivity index (χ1v) is 25.0. The van der Waals surface area contributed by atoms with E-state index in [2.05, 4.69) is 67.3 Å². The number of methoxy groups -OCH3 is 1. The third kappa shape index (κ3) is 12.7. The van der Waals surface area contributed by atoms with Crippen LogP contribution in [0.4, 0.5) is 0 Å². The Bertz CT molecular complexity index is 2330. The van der Waals surface area contributed by atoms with Crippen LogP contribution in [0.15, 0.2) is 41.4 Å². The van der Waals surface area contributed by atoms with Gasteiger partial charge < -0.3 is 50.6 Å². The summed E-state index contributed by atoms with van der Waals surface area (Å²) >= 11 is 0. The van der Waals surface area contributed by atoms with E-state index in [9.17, 15) is 29.1 Å².